The number of pyridine rings is 1. The number of amides is 1. The number of hydrazine groups is 1. The van der Waals surface area contributed by atoms with Crippen molar-refractivity contribution in [3.63, 3.8) is 0 Å². The molecule has 1 aromatic rings. The van der Waals surface area contributed by atoms with Crippen LogP contribution in [0.5, 0.6) is 0 Å². The molecule has 0 bridgehead atoms. The summed E-state index contributed by atoms with van der Waals surface area (Å²) < 4.78 is 0. The van der Waals surface area contributed by atoms with Crippen LogP contribution in [0.1, 0.15) is 55.6 Å². The van der Waals surface area contributed by atoms with Crippen molar-refractivity contribution < 1.29 is 4.79 Å². The molecule has 0 aliphatic rings. The Kier molecular flexibility index (Phi) is 6.89. The summed E-state index contributed by atoms with van der Waals surface area (Å²) in [6.07, 6.45) is 5.36. The largest absolute Gasteiger partial charge is 0.352 e. The smallest absolute Gasteiger partial charge is 0.251 e. The Morgan fingerprint density at radius 2 is 2.05 bits per heavy atom. The number of carbonyl (C=O) groups excluding carboxylic acids is 1. The molecule has 0 fully saturated rings. The molecule has 0 saturated heterocycles. The van der Waals surface area contributed by atoms with Crippen molar-refractivity contribution in [2.75, 3.05) is 12.0 Å². The van der Waals surface area contributed by atoms with Crippen molar-refractivity contribution >= 4 is 11.7 Å². The van der Waals surface area contributed by atoms with Crippen LogP contribution in [0.15, 0.2) is 12.1 Å². The van der Waals surface area contributed by atoms with E-state index in [0.29, 0.717) is 17.9 Å². The van der Waals surface area contributed by atoms with E-state index in [1.54, 1.807) is 6.07 Å². The Hall–Kier alpha value is -1.62. The van der Waals surface area contributed by atoms with Crippen LogP contribution in [0, 0.1) is 0 Å². The summed E-state index contributed by atoms with van der Waals surface area (Å²) in [7, 11) is 0. The van der Waals surface area contributed by atoms with Crippen molar-refractivity contribution in [2.45, 2.75) is 46.0 Å². The van der Waals surface area contributed by atoms with Crippen LogP contribution in [-0.2, 0) is 6.42 Å². The number of nitrogens with two attached hydrogens (primary N) is 1. The van der Waals surface area contributed by atoms with E-state index in [9.17, 15) is 4.79 Å². The third-order valence-electron chi connectivity index (χ3n) is 2.97. The van der Waals surface area contributed by atoms with E-state index in [1.165, 1.54) is 12.8 Å². The van der Waals surface area contributed by atoms with Crippen LogP contribution in [0.25, 0.3) is 0 Å². The summed E-state index contributed by atoms with van der Waals surface area (Å²) >= 11 is 0. The summed E-state index contributed by atoms with van der Waals surface area (Å²) in [6.45, 7) is 4.88. The fourth-order valence-corrected chi connectivity index (χ4v) is 1.83. The number of carbonyl (C=O) groups is 1. The van der Waals surface area contributed by atoms with E-state index in [1.807, 2.05) is 13.0 Å². The molecular formula is C14H24N4O. The number of aromatic nitrogens is 1. The summed E-state index contributed by atoms with van der Waals surface area (Å²) in [5.74, 6) is 5.81. The normalized spacial score (nSPS) is 10.3. The van der Waals surface area contributed by atoms with Crippen molar-refractivity contribution in [3.8, 4) is 0 Å². The van der Waals surface area contributed by atoms with Crippen LogP contribution in [0.4, 0.5) is 5.82 Å². The van der Waals surface area contributed by atoms with Crippen LogP contribution in [0.2, 0.25) is 0 Å². The molecule has 4 N–H and O–H groups in total. The van der Waals surface area contributed by atoms with E-state index < -0.39 is 0 Å². The van der Waals surface area contributed by atoms with Gasteiger partial charge in [-0.2, -0.15) is 0 Å². The maximum Gasteiger partial charge on any atom is 0.251 e. The Bertz CT molecular complexity index is 384. The van der Waals surface area contributed by atoms with Gasteiger partial charge in [0.05, 0.1) is 0 Å². The van der Waals surface area contributed by atoms with E-state index >= 15 is 0 Å². The van der Waals surface area contributed by atoms with E-state index in [4.69, 9.17) is 5.84 Å². The highest BCUT2D eigenvalue weighted by molar-refractivity contribution is 5.94. The quantitative estimate of drug-likeness (QED) is 0.382. The lowest BCUT2D eigenvalue weighted by atomic mass is 10.1. The topological polar surface area (TPSA) is 80.0 Å². The molecule has 1 amide bonds. The van der Waals surface area contributed by atoms with E-state index in [2.05, 4.69) is 22.7 Å². The lowest BCUT2D eigenvalue weighted by molar-refractivity contribution is 0.0953. The number of aryl methyl sites for hydroxylation is 1. The monoisotopic (exact) mass is 264 g/mol. The predicted molar refractivity (Wildman–Crippen MR) is 77.9 cm³/mol. The van der Waals surface area contributed by atoms with Crippen LogP contribution < -0.4 is 16.6 Å². The molecule has 1 rings (SSSR count). The van der Waals surface area contributed by atoms with Gasteiger partial charge in [0.15, 0.2) is 0 Å². The van der Waals surface area contributed by atoms with Gasteiger partial charge < -0.3 is 10.7 Å². The maximum atomic E-state index is 12.0. The molecule has 5 heteroatoms. The zero-order valence-electron chi connectivity index (χ0n) is 11.8. The average molecular weight is 264 g/mol. The number of unbranched alkanes of at least 4 members (excludes halogenated alkanes) is 3. The molecular weight excluding hydrogens is 240 g/mol. The van der Waals surface area contributed by atoms with Crippen molar-refractivity contribution in [3.05, 3.63) is 23.4 Å². The molecule has 5 nitrogen and oxygen atoms in total. The van der Waals surface area contributed by atoms with Gasteiger partial charge in [-0.25, -0.2) is 10.8 Å². The zero-order valence-corrected chi connectivity index (χ0v) is 11.8. The number of nitrogens with one attached hydrogen (secondary N) is 2. The first-order chi connectivity index (χ1) is 9.21. The third-order valence-corrected chi connectivity index (χ3v) is 2.97. The summed E-state index contributed by atoms with van der Waals surface area (Å²) in [5.41, 5.74) is 3.95. The first kappa shape index (κ1) is 15.4. The second kappa shape index (κ2) is 8.48. The molecule has 0 aliphatic heterocycles. The van der Waals surface area contributed by atoms with Gasteiger partial charge in [0.25, 0.3) is 5.91 Å². The second-order valence-electron chi connectivity index (χ2n) is 4.55. The molecule has 0 radical (unpaired) electrons. The molecule has 1 heterocycles. The Morgan fingerprint density at radius 3 is 2.68 bits per heavy atom. The SMILES string of the molecule is CCCCCCNC(=O)c1cc(CC)nc(NN)c1. The summed E-state index contributed by atoms with van der Waals surface area (Å²) in [6, 6.07) is 3.47. The van der Waals surface area contributed by atoms with Crippen molar-refractivity contribution in [1.82, 2.24) is 10.3 Å². The lowest BCUT2D eigenvalue weighted by Gasteiger charge is -2.08. The van der Waals surface area contributed by atoms with Gasteiger partial charge in [-0.15, -0.1) is 0 Å². The summed E-state index contributed by atoms with van der Waals surface area (Å²) in [5, 5.41) is 2.93. The van der Waals surface area contributed by atoms with E-state index in [-0.39, 0.29) is 5.91 Å². The molecule has 0 atom stereocenters. The highest BCUT2D eigenvalue weighted by atomic mass is 16.1. The standard InChI is InChI=1S/C14H24N4O/c1-3-5-6-7-8-16-14(19)11-9-12(4-2)17-13(10-11)18-15/h9-10H,3-8,15H2,1-2H3,(H,16,19)(H,17,18). The molecule has 0 aromatic carbocycles. The average Bonchev–Trinajstić information content (AvgIpc) is 2.46. The third kappa shape index (κ3) is 5.26. The molecule has 106 valence electrons. The lowest BCUT2D eigenvalue weighted by Crippen LogP contribution is -2.25. The second-order valence-corrected chi connectivity index (χ2v) is 4.55. The van der Waals surface area contributed by atoms with Gasteiger partial charge in [-0.1, -0.05) is 33.1 Å². The molecule has 1 aromatic heterocycles. The molecule has 19 heavy (non-hydrogen) atoms. The fraction of sp³-hybridized carbons (Fsp3) is 0.571. The molecule has 0 aliphatic carbocycles. The number of nitrogen functional groups attached to an aromatic ring is 1. The number of hydrogen-bond acceptors (Lipinski definition) is 4. The van der Waals surface area contributed by atoms with Gasteiger partial charge in [-0.3, -0.25) is 4.79 Å². The van der Waals surface area contributed by atoms with Gasteiger partial charge >= 0.3 is 0 Å². The molecule has 0 saturated carbocycles. The maximum absolute atomic E-state index is 12.0. The van der Waals surface area contributed by atoms with E-state index in [0.717, 1.165) is 25.0 Å². The highest BCUT2D eigenvalue weighted by Crippen LogP contribution is 2.10. The highest BCUT2D eigenvalue weighted by Gasteiger charge is 2.08. The predicted octanol–water partition coefficient (Wildman–Crippen LogP) is 2.24. The Morgan fingerprint density at radius 1 is 1.26 bits per heavy atom. The first-order valence-electron chi connectivity index (χ1n) is 6.97. The van der Waals surface area contributed by atoms with Crippen molar-refractivity contribution in [1.29, 1.82) is 0 Å². The van der Waals surface area contributed by atoms with Crippen LogP contribution in [0.3, 0.4) is 0 Å². The minimum absolute atomic E-state index is 0.0647. The number of hydrogen-bond donors (Lipinski definition) is 3. The summed E-state index contributed by atoms with van der Waals surface area (Å²) in [4.78, 5) is 16.3. The zero-order chi connectivity index (χ0) is 14.1. The molecule has 0 unspecified atom stereocenters. The number of nitrogens with zero attached hydrogens (tertiary/aromatic N) is 1. The van der Waals surface area contributed by atoms with Crippen LogP contribution >= 0.6 is 0 Å². The number of rotatable bonds is 8. The Labute approximate surface area is 115 Å². The van der Waals surface area contributed by atoms with Gasteiger partial charge in [-0.05, 0) is 25.0 Å². The van der Waals surface area contributed by atoms with Crippen molar-refractivity contribution in [2.24, 2.45) is 5.84 Å². The van der Waals surface area contributed by atoms with Crippen LogP contribution in [-0.4, -0.2) is 17.4 Å². The minimum atomic E-state index is -0.0647. The van der Waals surface area contributed by atoms with Gasteiger partial charge in [0.1, 0.15) is 5.82 Å². The fourth-order valence-electron chi connectivity index (χ4n) is 1.83. The van der Waals surface area contributed by atoms with Gasteiger partial charge in [0, 0.05) is 17.8 Å². The minimum Gasteiger partial charge on any atom is -0.352 e. The molecule has 0 spiro atoms. The first-order valence-corrected chi connectivity index (χ1v) is 6.97. The van der Waals surface area contributed by atoms with Gasteiger partial charge in [0.2, 0.25) is 0 Å². The number of anilines is 1. The Balaban J connectivity index is 2.55.